The Labute approximate surface area is 82.8 Å². The fraction of sp³-hybridized carbons (Fsp3) is 0. The fourth-order valence-corrected chi connectivity index (χ4v) is 1.33. The minimum Gasteiger partial charge on any atom is -0.507 e. The number of fused-ring (bicyclic) bond motifs is 1. The summed E-state index contributed by atoms with van der Waals surface area (Å²) >= 11 is 0. The second-order valence-corrected chi connectivity index (χ2v) is 3.00. The van der Waals surface area contributed by atoms with E-state index in [1.165, 1.54) is 18.2 Å². The maximum Gasteiger partial charge on any atom is 0.326 e. The molecule has 4 nitrogen and oxygen atoms in total. The molecule has 0 aliphatic rings. The first-order valence-corrected chi connectivity index (χ1v) is 4.15. The third-order valence-electron chi connectivity index (χ3n) is 2.05. The van der Waals surface area contributed by atoms with Crippen molar-refractivity contribution in [3.8, 4) is 5.75 Å². The molecule has 0 fully saturated rings. The molecule has 2 rings (SSSR count). The van der Waals surface area contributed by atoms with Crippen LogP contribution in [0.2, 0.25) is 0 Å². The van der Waals surface area contributed by atoms with Crippen LogP contribution in [0.3, 0.4) is 0 Å². The molecule has 0 bridgehead atoms. The zero-order valence-corrected chi connectivity index (χ0v) is 7.48. The molecule has 0 aliphatic carbocycles. The highest BCUT2D eigenvalue weighted by Gasteiger charge is 2.06. The molecule has 0 saturated heterocycles. The van der Waals surface area contributed by atoms with Gasteiger partial charge in [-0.2, -0.15) is 0 Å². The highest BCUT2D eigenvalue weighted by atomic mass is 19.2. The summed E-state index contributed by atoms with van der Waals surface area (Å²) in [5.74, 6) is -0.413. The molecule has 0 amide bonds. The molecule has 0 aliphatic heterocycles. The van der Waals surface area contributed by atoms with Gasteiger partial charge in [-0.25, -0.2) is 0 Å². The van der Waals surface area contributed by atoms with Gasteiger partial charge in [-0.1, -0.05) is 16.6 Å². The molecule has 1 aromatic heterocycles. The van der Waals surface area contributed by atoms with Gasteiger partial charge in [0.25, 0.3) is 0 Å². The lowest BCUT2D eigenvalue weighted by Crippen LogP contribution is -2.27. The van der Waals surface area contributed by atoms with Gasteiger partial charge >= 0.3 is 5.56 Å². The summed E-state index contributed by atoms with van der Waals surface area (Å²) in [6.07, 6.45) is 0. The summed E-state index contributed by atoms with van der Waals surface area (Å²) in [5, 5.41) is 9.55. The van der Waals surface area contributed by atoms with Gasteiger partial charge in [-0.15, -0.1) is 4.79 Å². The zero-order chi connectivity index (χ0) is 11.0. The van der Waals surface area contributed by atoms with Gasteiger partial charge in [0.1, 0.15) is 5.75 Å². The highest BCUT2D eigenvalue weighted by molar-refractivity contribution is 5.83. The van der Waals surface area contributed by atoms with Gasteiger partial charge in [0.15, 0.2) is 0 Å². The van der Waals surface area contributed by atoms with E-state index in [1.807, 2.05) is 0 Å². The van der Waals surface area contributed by atoms with E-state index < -0.39 is 16.7 Å². The predicted molar refractivity (Wildman–Crippen MR) is 52.6 cm³/mol. The van der Waals surface area contributed by atoms with Gasteiger partial charge in [0.2, 0.25) is 5.43 Å². The standard InChI is InChI=1S/C10H6FNO3/c11-12-7-4-2-1-3-6(7)8(13)5-9(14)10(12)15/h1-5,13H. The Hall–Kier alpha value is -2.17. The molecule has 5 heteroatoms. The maximum absolute atomic E-state index is 13.4. The number of para-hydroxylation sites is 1. The lowest BCUT2D eigenvalue weighted by atomic mass is 10.2. The quantitative estimate of drug-likeness (QED) is 0.650. The molecule has 76 valence electrons. The number of hydrogen-bond acceptors (Lipinski definition) is 3. The Balaban J connectivity index is 3.22. The molecule has 0 radical (unpaired) electrons. The van der Waals surface area contributed by atoms with Crippen LogP contribution in [0, 0.1) is 0 Å². The van der Waals surface area contributed by atoms with Crippen molar-refractivity contribution in [3.05, 3.63) is 50.9 Å². The minimum atomic E-state index is -1.31. The Morgan fingerprint density at radius 2 is 1.87 bits per heavy atom. The van der Waals surface area contributed by atoms with E-state index >= 15 is 0 Å². The molecule has 0 spiro atoms. The molecule has 0 atom stereocenters. The van der Waals surface area contributed by atoms with Crippen molar-refractivity contribution in [2.24, 2.45) is 0 Å². The third-order valence-corrected chi connectivity index (χ3v) is 2.05. The van der Waals surface area contributed by atoms with Crippen LogP contribution >= 0.6 is 0 Å². The Kier molecular flexibility index (Phi) is 2.00. The molecule has 2 aromatic rings. The predicted octanol–water partition coefficient (Wildman–Crippen LogP) is 0.800. The van der Waals surface area contributed by atoms with Crippen molar-refractivity contribution >= 4 is 10.9 Å². The Morgan fingerprint density at radius 1 is 1.20 bits per heavy atom. The fourth-order valence-electron chi connectivity index (χ4n) is 1.33. The summed E-state index contributed by atoms with van der Waals surface area (Å²) in [6, 6.07) is 6.50. The lowest BCUT2D eigenvalue weighted by Gasteiger charge is -1.95. The normalized spacial score (nSPS) is 10.5. The Morgan fingerprint density at radius 3 is 2.60 bits per heavy atom. The first-order valence-electron chi connectivity index (χ1n) is 4.15. The van der Waals surface area contributed by atoms with Crippen LogP contribution in [0.15, 0.2) is 39.9 Å². The first kappa shape index (κ1) is 9.39. The highest BCUT2D eigenvalue weighted by Crippen LogP contribution is 2.19. The molecule has 0 saturated carbocycles. The second-order valence-electron chi connectivity index (χ2n) is 3.00. The van der Waals surface area contributed by atoms with Crippen LogP contribution in [-0.2, 0) is 0 Å². The minimum absolute atomic E-state index is 0.110. The van der Waals surface area contributed by atoms with Crippen LogP contribution in [-0.4, -0.2) is 9.90 Å². The molecular formula is C10H6FNO3. The Bertz CT molecular complexity index is 648. The molecular weight excluding hydrogens is 201 g/mol. The first-order chi connectivity index (χ1) is 7.11. The number of benzene rings is 1. The van der Waals surface area contributed by atoms with E-state index in [0.29, 0.717) is 6.07 Å². The summed E-state index contributed by atoms with van der Waals surface area (Å²) in [5.41, 5.74) is -2.54. The molecule has 1 heterocycles. The van der Waals surface area contributed by atoms with Crippen molar-refractivity contribution in [1.82, 2.24) is 4.79 Å². The molecule has 1 N–H and O–H groups in total. The van der Waals surface area contributed by atoms with E-state index in [-0.39, 0.29) is 15.7 Å². The van der Waals surface area contributed by atoms with Gasteiger partial charge in [-0.3, -0.25) is 9.59 Å². The van der Waals surface area contributed by atoms with E-state index in [9.17, 15) is 19.2 Å². The van der Waals surface area contributed by atoms with Gasteiger partial charge in [-0.05, 0) is 12.1 Å². The molecule has 0 unspecified atom stereocenters. The van der Waals surface area contributed by atoms with Crippen LogP contribution in [0.25, 0.3) is 10.9 Å². The average molecular weight is 207 g/mol. The molecule has 15 heavy (non-hydrogen) atoms. The number of nitrogens with zero attached hydrogens (tertiary/aromatic N) is 1. The average Bonchev–Trinajstić information content (AvgIpc) is 2.33. The van der Waals surface area contributed by atoms with E-state index in [0.717, 1.165) is 0 Å². The summed E-state index contributed by atoms with van der Waals surface area (Å²) < 4.78 is 13.4. The van der Waals surface area contributed by atoms with Gasteiger partial charge < -0.3 is 5.11 Å². The SMILES string of the molecule is O=c1cc(O)c2ccccc2n(F)c1=O. The number of hydrogen-bond donors (Lipinski definition) is 1. The maximum atomic E-state index is 13.4. The van der Waals surface area contributed by atoms with E-state index in [4.69, 9.17) is 0 Å². The van der Waals surface area contributed by atoms with Crippen molar-refractivity contribution in [2.75, 3.05) is 0 Å². The van der Waals surface area contributed by atoms with E-state index in [2.05, 4.69) is 0 Å². The van der Waals surface area contributed by atoms with Crippen LogP contribution in [0.1, 0.15) is 0 Å². The largest absolute Gasteiger partial charge is 0.507 e. The van der Waals surface area contributed by atoms with Crippen molar-refractivity contribution < 1.29 is 9.59 Å². The monoisotopic (exact) mass is 207 g/mol. The topological polar surface area (TPSA) is 59.3 Å². The third kappa shape index (κ3) is 1.38. The number of halogens is 1. The summed E-state index contributed by atoms with van der Waals surface area (Å²) in [4.78, 5) is 21.9. The number of rotatable bonds is 0. The summed E-state index contributed by atoms with van der Waals surface area (Å²) in [6.45, 7) is 0. The van der Waals surface area contributed by atoms with Crippen LogP contribution < -0.4 is 11.0 Å². The van der Waals surface area contributed by atoms with Crippen LogP contribution in [0.5, 0.6) is 5.75 Å². The van der Waals surface area contributed by atoms with Gasteiger partial charge in [0.05, 0.1) is 5.52 Å². The number of aromatic nitrogens is 1. The molecule has 1 aromatic carbocycles. The smallest absolute Gasteiger partial charge is 0.326 e. The number of aromatic hydroxyl groups is 1. The lowest BCUT2D eigenvalue weighted by molar-refractivity contribution is 0.370. The van der Waals surface area contributed by atoms with E-state index in [1.54, 1.807) is 6.07 Å². The van der Waals surface area contributed by atoms with Crippen molar-refractivity contribution in [3.63, 3.8) is 0 Å². The second kappa shape index (κ2) is 3.20. The van der Waals surface area contributed by atoms with Crippen molar-refractivity contribution in [1.29, 1.82) is 0 Å². The summed E-state index contributed by atoms with van der Waals surface area (Å²) in [7, 11) is 0. The van der Waals surface area contributed by atoms with Crippen molar-refractivity contribution in [2.45, 2.75) is 0 Å². The van der Waals surface area contributed by atoms with Crippen LogP contribution in [0.4, 0.5) is 4.48 Å². The van der Waals surface area contributed by atoms with Gasteiger partial charge in [0, 0.05) is 11.5 Å². The zero-order valence-electron chi connectivity index (χ0n) is 7.48.